The maximum Gasteiger partial charge on any atom is 0.407 e. The summed E-state index contributed by atoms with van der Waals surface area (Å²) < 4.78 is 5.28. The van der Waals surface area contributed by atoms with Crippen molar-refractivity contribution >= 4 is 18.0 Å². The van der Waals surface area contributed by atoms with Gasteiger partial charge in [0.2, 0.25) is 0 Å². The first-order valence-electron chi connectivity index (χ1n) is 10.5. The van der Waals surface area contributed by atoms with Gasteiger partial charge in [-0.2, -0.15) is 0 Å². The van der Waals surface area contributed by atoms with Gasteiger partial charge in [0.25, 0.3) is 0 Å². The highest BCUT2D eigenvalue weighted by Gasteiger charge is 2.42. The Morgan fingerprint density at radius 1 is 1.13 bits per heavy atom. The normalized spacial score (nSPS) is 23.0. The summed E-state index contributed by atoms with van der Waals surface area (Å²) in [5.41, 5.74) is -0.641. The number of hydrogen-bond acceptors (Lipinski definition) is 5. The molecule has 2 amide bonds. The highest BCUT2D eigenvalue weighted by atomic mass is 16.5. The van der Waals surface area contributed by atoms with Crippen LogP contribution in [0.25, 0.3) is 0 Å². The van der Waals surface area contributed by atoms with Crippen molar-refractivity contribution in [3.05, 3.63) is 35.4 Å². The lowest BCUT2D eigenvalue weighted by atomic mass is 9.62. The van der Waals surface area contributed by atoms with E-state index in [2.05, 4.69) is 24.5 Å². The molecule has 0 saturated heterocycles. The monoisotopic (exact) mass is 434 g/mol. The molecule has 1 aliphatic carbocycles. The zero-order valence-electron chi connectivity index (χ0n) is 18.9. The summed E-state index contributed by atoms with van der Waals surface area (Å²) in [5.74, 6) is -0.378. The fourth-order valence-electron chi connectivity index (χ4n) is 4.64. The third kappa shape index (κ3) is 7.54. The molecule has 2 rings (SSSR count). The van der Waals surface area contributed by atoms with Gasteiger partial charge in [0.15, 0.2) is 5.78 Å². The van der Waals surface area contributed by atoms with E-state index < -0.39 is 17.8 Å². The second-order valence-corrected chi connectivity index (χ2v) is 10.2. The van der Waals surface area contributed by atoms with Gasteiger partial charge in [0.05, 0.1) is 0 Å². The second-order valence-electron chi connectivity index (χ2n) is 10.2. The number of Topliss-reactive ketones (excluding diaryl/α,β-unsaturated/α-hetero) is 1. The molecule has 0 heterocycles. The largest absolute Gasteiger partial charge is 0.465 e. The number of carbonyl (C=O) groups excluding carboxylic acids is 2. The lowest BCUT2D eigenvalue weighted by Gasteiger charge is -2.46. The summed E-state index contributed by atoms with van der Waals surface area (Å²) in [6.07, 6.45) is 0.663. The van der Waals surface area contributed by atoms with Gasteiger partial charge in [-0.25, -0.2) is 9.59 Å². The fraction of sp³-hybridized carbons (Fsp3) is 0.609. The third-order valence-electron chi connectivity index (χ3n) is 5.57. The van der Waals surface area contributed by atoms with E-state index >= 15 is 0 Å². The molecule has 1 aromatic rings. The molecular formula is C23H34N2O6. The molecule has 8 heteroatoms. The van der Waals surface area contributed by atoms with Gasteiger partial charge in [-0.3, -0.25) is 4.79 Å². The molecule has 0 aliphatic heterocycles. The van der Waals surface area contributed by atoms with Crippen LogP contribution >= 0.6 is 0 Å². The number of amides is 2. The minimum atomic E-state index is -1.44. The summed E-state index contributed by atoms with van der Waals surface area (Å²) in [4.78, 5) is 35.3. The zero-order chi connectivity index (χ0) is 23.4. The maximum atomic E-state index is 12.2. The Kier molecular flexibility index (Phi) is 7.36. The van der Waals surface area contributed by atoms with Crippen molar-refractivity contribution in [1.82, 2.24) is 10.6 Å². The smallest absolute Gasteiger partial charge is 0.407 e. The highest BCUT2D eigenvalue weighted by molar-refractivity contribution is 6.01. The molecule has 31 heavy (non-hydrogen) atoms. The maximum absolute atomic E-state index is 12.2. The average Bonchev–Trinajstić information content (AvgIpc) is 2.61. The Hall–Kier alpha value is -2.61. The number of ether oxygens (including phenoxy) is 1. The number of carboxylic acid groups (broad SMARTS) is 1. The van der Waals surface area contributed by atoms with E-state index in [0.29, 0.717) is 18.5 Å². The predicted molar refractivity (Wildman–Crippen MR) is 116 cm³/mol. The Balaban J connectivity index is 1.87. The van der Waals surface area contributed by atoms with Gasteiger partial charge < -0.3 is 25.6 Å². The van der Waals surface area contributed by atoms with E-state index in [1.807, 2.05) is 6.92 Å². The van der Waals surface area contributed by atoms with Crippen molar-refractivity contribution in [3.63, 3.8) is 0 Å². The van der Waals surface area contributed by atoms with Gasteiger partial charge in [-0.05, 0) is 49.5 Å². The van der Waals surface area contributed by atoms with Crippen LogP contribution in [-0.2, 0) is 11.3 Å². The predicted octanol–water partition coefficient (Wildman–Crippen LogP) is 3.72. The van der Waals surface area contributed by atoms with Gasteiger partial charge >= 0.3 is 12.2 Å². The number of benzene rings is 1. The molecule has 0 spiro atoms. The molecule has 1 aliphatic rings. The van der Waals surface area contributed by atoms with E-state index in [4.69, 9.17) is 9.84 Å². The van der Waals surface area contributed by atoms with Crippen LogP contribution in [0.2, 0.25) is 0 Å². The van der Waals surface area contributed by atoms with Crippen LogP contribution in [0.15, 0.2) is 24.3 Å². The van der Waals surface area contributed by atoms with Crippen molar-refractivity contribution in [2.24, 2.45) is 10.8 Å². The molecule has 1 fully saturated rings. The molecule has 0 bridgehead atoms. The minimum absolute atomic E-state index is 0.0476. The number of nitrogens with one attached hydrogen (secondary N) is 2. The van der Waals surface area contributed by atoms with Crippen LogP contribution in [0.5, 0.6) is 0 Å². The summed E-state index contributed by atoms with van der Waals surface area (Å²) in [6, 6.07) is 6.39. The number of aliphatic hydroxyl groups is 1. The molecule has 1 saturated carbocycles. The van der Waals surface area contributed by atoms with Crippen molar-refractivity contribution < 1.29 is 29.3 Å². The Morgan fingerprint density at radius 2 is 1.74 bits per heavy atom. The van der Waals surface area contributed by atoms with E-state index in [9.17, 15) is 19.5 Å². The Morgan fingerprint density at radius 3 is 2.29 bits per heavy atom. The molecule has 0 aromatic heterocycles. The quantitative estimate of drug-likeness (QED) is 0.485. The van der Waals surface area contributed by atoms with Gasteiger partial charge in [0, 0.05) is 18.2 Å². The van der Waals surface area contributed by atoms with Crippen LogP contribution in [0.1, 0.15) is 69.8 Å². The first-order valence-corrected chi connectivity index (χ1v) is 10.5. The molecule has 2 atom stereocenters. The van der Waals surface area contributed by atoms with Gasteiger partial charge in [0.1, 0.15) is 12.2 Å². The van der Waals surface area contributed by atoms with Crippen LogP contribution < -0.4 is 10.6 Å². The van der Waals surface area contributed by atoms with Gasteiger partial charge in [-0.15, -0.1) is 0 Å². The van der Waals surface area contributed by atoms with E-state index in [0.717, 1.165) is 18.4 Å². The van der Waals surface area contributed by atoms with Crippen molar-refractivity contribution in [2.75, 3.05) is 6.54 Å². The number of alkyl carbamates (subject to hydrolysis) is 1. The topological polar surface area (TPSA) is 125 Å². The standard InChI is InChI=1S/C23H34N2O6/c1-21(2)10-17(25-19(27)28)11-23(5,13-21)14-24-20(29)31-12-15-6-8-16(9-7-15)18(26)22(3,4)30/h6-9,17,25,30H,10-14H2,1-5H3,(H,24,29)(H,27,28). The van der Waals surface area contributed by atoms with E-state index in [-0.39, 0.29) is 29.3 Å². The molecular weight excluding hydrogens is 400 g/mol. The zero-order valence-corrected chi connectivity index (χ0v) is 18.9. The molecule has 2 unspecified atom stereocenters. The van der Waals surface area contributed by atoms with Crippen molar-refractivity contribution in [1.29, 1.82) is 0 Å². The number of carbonyl (C=O) groups is 3. The summed E-state index contributed by atoms with van der Waals surface area (Å²) in [7, 11) is 0. The fourth-order valence-corrected chi connectivity index (χ4v) is 4.64. The average molecular weight is 435 g/mol. The second kappa shape index (κ2) is 9.26. The Bertz CT molecular complexity index is 812. The van der Waals surface area contributed by atoms with Crippen molar-refractivity contribution in [3.8, 4) is 0 Å². The summed E-state index contributed by atoms with van der Waals surface area (Å²) in [6.45, 7) is 9.55. The molecule has 172 valence electrons. The van der Waals surface area contributed by atoms with Crippen LogP contribution in [0.4, 0.5) is 9.59 Å². The first-order chi connectivity index (χ1) is 14.2. The Labute approximate surface area is 183 Å². The van der Waals surface area contributed by atoms with E-state index in [1.165, 1.54) is 13.8 Å². The summed E-state index contributed by atoms with van der Waals surface area (Å²) in [5, 5.41) is 24.2. The highest BCUT2D eigenvalue weighted by Crippen LogP contribution is 2.45. The molecule has 1 aromatic carbocycles. The molecule has 4 N–H and O–H groups in total. The van der Waals surface area contributed by atoms with E-state index in [1.54, 1.807) is 24.3 Å². The summed E-state index contributed by atoms with van der Waals surface area (Å²) >= 11 is 0. The lowest BCUT2D eigenvalue weighted by molar-refractivity contribution is 0.0488. The number of rotatable bonds is 7. The molecule has 8 nitrogen and oxygen atoms in total. The SMILES string of the molecule is CC1(C)CC(NC(=O)O)CC(C)(CNC(=O)OCc2ccc(C(=O)C(C)(C)O)cc2)C1. The minimum Gasteiger partial charge on any atom is -0.465 e. The van der Waals surface area contributed by atoms with Crippen LogP contribution in [0.3, 0.4) is 0 Å². The molecule has 0 radical (unpaired) electrons. The number of ketones is 1. The third-order valence-corrected chi connectivity index (χ3v) is 5.57. The van der Waals surface area contributed by atoms with Crippen LogP contribution in [0, 0.1) is 10.8 Å². The first kappa shape index (κ1) is 24.7. The van der Waals surface area contributed by atoms with Crippen LogP contribution in [-0.4, -0.2) is 46.4 Å². The number of hydrogen-bond donors (Lipinski definition) is 4. The van der Waals surface area contributed by atoms with Gasteiger partial charge in [-0.1, -0.05) is 45.0 Å². The lowest BCUT2D eigenvalue weighted by Crippen LogP contribution is -2.50. The van der Waals surface area contributed by atoms with Crippen molar-refractivity contribution in [2.45, 2.75) is 72.1 Å².